The fourth-order valence-electron chi connectivity index (χ4n) is 2.75. The predicted octanol–water partition coefficient (Wildman–Crippen LogP) is 1.70. The Hall–Kier alpha value is -1.62. The van der Waals surface area contributed by atoms with E-state index in [4.69, 9.17) is 4.74 Å². The van der Waals surface area contributed by atoms with Gasteiger partial charge in [0, 0.05) is 19.8 Å². The molecule has 3 fully saturated rings. The van der Waals surface area contributed by atoms with Crippen LogP contribution in [0.4, 0.5) is 0 Å². The van der Waals surface area contributed by atoms with Gasteiger partial charge in [-0.2, -0.15) is 0 Å². The van der Waals surface area contributed by atoms with Crippen LogP contribution in [0.5, 0.6) is 0 Å². The zero-order chi connectivity index (χ0) is 16.1. The summed E-state index contributed by atoms with van der Waals surface area (Å²) in [5.41, 5.74) is -0.397. The van der Waals surface area contributed by atoms with Gasteiger partial charge in [-0.25, -0.2) is 0 Å². The Bertz CT molecular complexity index is 498. The standard InChI is InChI=1S/C18H26N2O3/c21-16(7-5-14-1-2-14)19-13-18(9-11-23-12-10-18)20-17(22)8-6-15-3-4-15/h5-8,14-15H,1-4,9-13H2,(H,19,21)(H,20,22). The lowest BCUT2D eigenvalue weighted by molar-refractivity contribution is -0.121. The molecule has 2 N–H and O–H groups in total. The van der Waals surface area contributed by atoms with Gasteiger partial charge in [0.25, 0.3) is 0 Å². The number of nitrogens with one attached hydrogen (secondary N) is 2. The Balaban J connectivity index is 1.52. The quantitative estimate of drug-likeness (QED) is 0.702. The van der Waals surface area contributed by atoms with Gasteiger partial charge in [0.05, 0.1) is 5.54 Å². The highest BCUT2D eigenvalue weighted by molar-refractivity contribution is 5.89. The average Bonchev–Trinajstić information content (AvgIpc) is 3.45. The highest BCUT2D eigenvalue weighted by atomic mass is 16.5. The van der Waals surface area contributed by atoms with Crippen LogP contribution in [0.1, 0.15) is 38.5 Å². The second-order valence-electron chi connectivity index (χ2n) is 6.99. The molecule has 0 aromatic carbocycles. The third-order valence-corrected chi connectivity index (χ3v) is 4.72. The van der Waals surface area contributed by atoms with E-state index in [1.165, 1.54) is 25.7 Å². The van der Waals surface area contributed by atoms with E-state index < -0.39 is 5.54 Å². The Kier molecular flexibility index (Phi) is 5.16. The van der Waals surface area contributed by atoms with Crippen molar-refractivity contribution in [3.05, 3.63) is 24.3 Å². The van der Waals surface area contributed by atoms with Crippen LogP contribution < -0.4 is 10.6 Å². The first-order chi connectivity index (χ1) is 11.2. The molecule has 5 heteroatoms. The van der Waals surface area contributed by atoms with Gasteiger partial charge in [-0.15, -0.1) is 0 Å². The summed E-state index contributed by atoms with van der Waals surface area (Å²) in [6, 6.07) is 0. The van der Waals surface area contributed by atoms with Gasteiger partial charge in [-0.1, -0.05) is 12.2 Å². The zero-order valence-electron chi connectivity index (χ0n) is 13.6. The van der Waals surface area contributed by atoms with E-state index in [1.54, 1.807) is 12.2 Å². The fourth-order valence-corrected chi connectivity index (χ4v) is 2.75. The third kappa shape index (κ3) is 5.50. The number of rotatable bonds is 7. The molecule has 0 atom stereocenters. The number of hydrogen-bond donors (Lipinski definition) is 2. The molecular formula is C18H26N2O3. The number of amides is 2. The smallest absolute Gasteiger partial charge is 0.244 e. The van der Waals surface area contributed by atoms with Crippen molar-refractivity contribution >= 4 is 11.8 Å². The minimum atomic E-state index is -0.397. The third-order valence-electron chi connectivity index (χ3n) is 4.72. The summed E-state index contributed by atoms with van der Waals surface area (Å²) in [6.07, 6.45) is 13.4. The van der Waals surface area contributed by atoms with Crippen LogP contribution in [0, 0.1) is 11.8 Å². The van der Waals surface area contributed by atoms with E-state index in [1.807, 2.05) is 12.2 Å². The molecule has 5 nitrogen and oxygen atoms in total. The van der Waals surface area contributed by atoms with Crippen molar-refractivity contribution in [2.45, 2.75) is 44.1 Å². The van der Waals surface area contributed by atoms with Gasteiger partial charge in [-0.05, 0) is 62.5 Å². The number of allylic oxidation sites excluding steroid dienone is 2. The summed E-state index contributed by atoms with van der Waals surface area (Å²) in [4.78, 5) is 24.1. The van der Waals surface area contributed by atoms with Crippen LogP contribution in [-0.4, -0.2) is 37.1 Å². The lowest BCUT2D eigenvalue weighted by Gasteiger charge is -2.37. The number of ether oxygens (including phenoxy) is 1. The predicted molar refractivity (Wildman–Crippen MR) is 87.7 cm³/mol. The first-order valence-electron chi connectivity index (χ1n) is 8.69. The topological polar surface area (TPSA) is 67.4 Å². The maximum Gasteiger partial charge on any atom is 0.244 e. The summed E-state index contributed by atoms with van der Waals surface area (Å²) >= 11 is 0. The van der Waals surface area contributed by atoms with Crippen molar-refractivity contribution in [1.29, 1.82) is 0 Å². The Labute approximate surface area is 137 Å². The van der Waals surface area contributed by atoms with Gasteiger partial charge in [0.15, 0.2) is 0 Å². The van der Waals surface area contributed by atoms with Crippen LogP contribution in [0.25, 0.3) is 0 Å². The van der Waals surface area contributed by atoms with Gasteiger partial charge in [0.1, 0.15) is 0 Å². The lowest BCUT2D eigenvalue weighted by atomic mass is 9.89. The molecule has 2 amide bonds. The van der Waals surface area contributed by atoms with Gasteiger partial charge in [0.2, 0.25) is 11.8 Å². The molecule has 3 rings (SSSR count). The molecule has 1 saturated heterocycles. The van der Waals surface area contributed by atoms with Crippen LogP contribution in [0.3, 0.4) is 0 Å². The van der Waals surface area contributed by atoms with E-state index in [0.29, 0.717) is 31.6 Å². The molecule has 0 aromatic heterocycles. The molecule has 1 heterocycles. The molecule has 126 valence electrons. The van der Waals surface area contributed by atoms with Crippen LogP contribution in [0.2, 0.25) is 0 Å². The summed E-state index contributed by atoms with van der Waals surface area (Å²) in [5, 5.41) is 6.04. The molecule has 2 saturated carbocycles. The maximum absolute atomic E-state index is 12.2. The first-order valence-corrected chi connectivity index (χ1v) is 8.69. The number of carbonyl (C=O) groups excluding carboxylic acids is 2. The normalized spacial score (nSPS) is 24.0. The van der Waals surface area contributed by atoms with Crippen LogP contribution >= 0.6 is 0 Å². The molecule has 0 radical (unpaired) electrons. The van der Waals surface area contributed by atoms with Gasteiger partial charge < -0.3 is 15.4 Å². The SMILES string of the molecule is O=C(C=CC1CC1)NCC1(NC(=O)C=CC2CC2)CCOCC1. The monoisotopic (exact) mass is 318 g/mol. The summed E-state index contributed by atoms with van der Waals surface area (Å²) in [5.74, 6) is 1.02. The van der Waals surface area contributed by atoms with Crippen molar-refractivity contribution in [1.82, 2.24) is 10.6 Å². The maximum atomic E-state index is 12.2. The molecule has 0 unspecified atom stereocenters. The van der Waals surface area contributed by atoms with Gasteiger partial charge in [-0.3, -0.25) is 9.59 Å². The van der Waals surface area contributed by atoms with Crippen LogP contribution in [0.15, 0.2) is 24.3 Å². The highest BCUT2D eigenvalue weighted by Crippen LogP contribution is 2.30. The fraction of sp³-hybridized carbons (Fsp3) is 0.667. The van der Waals surface area contributed by atoms with Crippen molar-refractivity contribution in [3.63, 3.8) is 0 Å². The minimum Gasteiger partial charge on any atom is -0.381 e. The van der Waals surface area contributed by atoms with E-state index in [2.05, 4.69) is 10.6 Å². The zero-order valence-corrected chi connectivity index (χ0v) is 13.6. The first kappa shape index (κ1) is 16.2. The molecule has 3 aliphatic rings. The summed E-state index contributed by atoms with van der Waals surface area (Å²) < 4.78 is 5.41. The van der Waals surface area contributed by atoms with Crippen molar-refractivity contribution in [3.8, 4) is 0 Å². The minimum absolute atomic E-state index is 0.0680. The largest absolute Gasteiger partial charge is 0.381 e. The van der Waals surface area contributed by atoms with Crippen molar-refractivity contribution in [2.24, 2.45) is 11.8 Å². The van der Waals surface area contributed by atoms with E-state index in [0.717, 1.165) is 12.8 Å². The highest BCUT2D eigenvalue weighted by Gasteiger charge is 2.34. The Morgan fingerprint density at radius 1 is 0.957 bits per heavy atom. The van der Waals surface area contributed by atoms with Crippen LogP contribution in [-0.2, 0) is 14.3 Å². The van der Waals surface area contributed by atoms with E-state index in [-0.39, 0.29) is 11.8 Å². The summed E-state index contributed by atoms with van der Waals surface area (Å²) in [6.45, 7) is 1.67. The second-order valence-corrected chi connectivity index (χ2v) is 6.99. The molecule has 2 aliphatic carbocycles. The average molecular weight is 318 g/mol. The summed E-state index contributed by atoms with van der Waals surface area (Å²) in [7, 11) is 0. The van der Waals surface area contributed by atoms with Crippen molar-refractivity contribution < 1.29 is 14.3 Å². The van der Waals surface area contributed by atoms with E-state index in [9.17, 15) is 9.59 Å². The van der Waals surface area contributed by atoms with Crippen molar-refractivity contribution in [2.75, 3.05) is 19.8 Å². The molecule has 23 heavy (non-hydrogen) atoms. The molecular weight excluding hydrogens is 292 g/mol. The molecule has 0 spiro atoms. The Morgan fingerprint density at radius 3 is 2.09 bits per heavy atom. The number of carbonyl (C=O) groups is 2. The molecule has 0 aromatic rings. The molecule has 1 aliphatic heterocycles. The Morgan fingerprint density at radius 2 is 1.52 bits per heavy atom. The number of hydrogen-bond acceptors (Lipinski definition) is 3. The van der Waals surface area contributed by atoms with Gasteiger partial charge >= 0.3 is 0 Å². The lowest BCUT2D eigenvalue weighted by Crippen LogP contribution is -2.58. The van der Waals surface area contributed by atoms with E-state index >= 15 is 0 Å². The molecule has 0 bridgehead atoms. The second kappa shape index (κ2) is 7.30.